The number of anilines is 1. The predicted octanol–water partition coefficient (Wildman–Crippen LogP) is 2.68. The number of nitrogens with zero attached hydrogens (tertiary/aromatic N) is 3. The number of carbonyl (C=O) groups excluding carboxylic acids is 3. The number of hydrogen-bond donors (Lipinski definition) is 2. The first-order valence-corrected chi connectivity index (χ1v) is 9.78. The van der Waals surface area contributed by atoms with Gasteiger partial charge in [-0.2, -0.15) is 10.4 Å². The Morgan fingerprint density at radius 1 is 1.27 bits per heavy atom. The van der Waals surface area contributed by atoms with Crippen molar-refractivity contribution >= 4 is 23.3 Å². The van der Waals surface area contributed by atoms with Crippen LogP contribution in [0.25, 0.3) is 0 Å². The molecule has 1 atom stereocenters. The standard InChI is InChI=1S/C21H23N5O4/c1-14(27)15-6-4-7-16(12-15)20(28)24-17-13-26(18-8-2-3-11-30-18)25-19(17)21(29)23-10-5-9-22/h4,6-7,12-13,18H,2-3,5,8,10-11H2,1H3,(H,23,29)(H,24,28). The Labute approximate surface area is 174 Å². The molecular formula is C21H23N5O4. The van der Waals surface area contributed by atoms with Crippen LogP contribution in [0, 0.1) is 11.3 Å². The van der Waals surface area contributed by atoms with Crippen LogP contribution in [0.3, 0.4) is 0 Å². The zero-order valence-electron chi connectivity index (χ0n) is 16.7. The van der Waals surface area contributed by atoms with Crippen LogP contribution < -0.4 is 10.6 Å². The number of ketones is 1. The summed E-state index contributed by atoms with van der Waals surface area (Å²) in [5.41, 5.74) is 0.985. The van der Waals surface area contributed by atoms with Crippen molar-refractivity contribution in [1.29, 1.82) is 5.26 Å². The van der Waals surface area contributed by atoms with Gasteiger partial charge in [-0.25, -0.2) is 4.68 Å². The molecule has 3 rings (SSSR count). The number of Topliss-reactive ketones (excluding diaryl/α,β-unsaturated/α-hetero) is 1. The Kier molecular flexibility index (Phi) is 6.93. The van der Waals surface area contributed by atoms with Crippen LogP contribution in [0.4, 0.5) is 5.69 Å². The van der Waals surface area contributed by atoms with Gasteiger partial charge in [-0.15, -0.1) is 0 Å². The highest BCUT2D eigenvalue weighted by Crippen LogP contribution is 2.25. The van der Waals surface area contributed by atoms with E-state index in [-0.39, 0.29) is 36.4 Å². The molecule has 1 unspecified atom stereocenters. The average Bonchev–Trinajstić information content (AvgIpc) is 3.18. The maximum absolute atomic E-state index is 12.7. The second-order valence-electron chi connectivity index (χ2n) is 6.95. The van der Waals surface area contributed by atoms with Crippen molar-refractivity contribution in [2.24, 2.45) is 0 Å². The molecule has 2 amide bonds. The van der Waals surface area contributed by atoms with Crippen molar-refractivity contribution in [3.8, 4) is 6.07 Å². The van der Waals surface area contributed by atoms with Gasteiger partial charge in [-0.3, -0.25) is 14.4 Å². The summed E-state index contributed by atoms with van der Waals surface area (Å²) in [6.45, 7) is 2.21. The molecule has 1 fully saturated rings. The molecule has 9 nitrogen and oxygen atoms in total. The minimum absolute atomic E-state index is 0.0400. The van der Waals surface area contributed by atoms with E-state index in [2.05, 4.69) is 15.7 Å². The Balaban J connectivity index is 1.85. The zero-order valence-corrected chi connectivity index (χ0v) is 16.7. The molecule has 0 radical (unpaired) electrons. The summed E-state index contributed by atoms with van der Waals surface area (Å²) in [7, 11) is 0. The fourth-order valence-corrected chi connectivity index (χ4v) is 3.12. The predicted molar refractivity (Wildman–Crippen MR) is 108 cm³/mol. The van der Waals surface area contributed by atoms with Gasteiger partial charge in [0.1, 0.15) is 6.23 Å². The minimum Gasteiger partial charge on any atom is -0.357 e. The maximum Gasteiger partial charge on any atom is 0.273 e. The van der Waals surface area contributed by atoms with Crippen molar-refractivity contribution in [2.75, 3.05) is 18.5 Å². The Morgan fingerprint density at radius 3 is 2.77 bits per heavy atom. The first-order valence-electron chi connectivity index (χ1n) is 9.78. The number of hydrogen-bond acceptors (Lipinski definition) is 6. The van der Waals surface area contributed by atoms with E-state index in [1.165, 1.54) is 13.0 Å². The third-order valence-corrected chi connectivity index (χ3v) is 4.70. The molecule has 1 aliphatic rings. The lowest BCUT2D eigenvalue weighted by molar-refractivity contribution is -0.0395. The van der Waals surface area contributed by atoms with Crippen LogP contribution in [0.15, 0.2) is 30.5 Å². The molecular weight excluding hydrogens is 386 g/mol. The van der Waals surface area contributed by atoms with Gasteiger partial charge in [0.05, 0.1) is 24.4 Å². The summed E-state index contributed by atoms with van der Waals surface area (Å²) in [5, 5.41) is 18.3. The first-order chi connectivity index (χ1) is 14.5. The summed E-state index contributed by atoms with van der Waals surface area (Å²) in [6.07, 6.45) is 4.13. The van der Waals surface area contributed by atoms with Crippen molar-refractivity contribution in [3.63, 3.8) is 0 Å². The lowest BCUT2D eigenvalue weighted by Gasteiger charge is -2.22. The zero-order chi connectivity index (χ0) is 21.5. The van der Waals surface area contributed by atoms with Crippen LogP contribution in [0.1, 0.15) is 70.0 Å². The Morgan fingerprint density at radius 2 is 2.07 bits per heavy atom. The number of rotatable bonds is 7. The fraction of sp³-hybridized carbons (Fsp3) is 0.381. The third-order valence-electron chi connectivity index (χ3n) is 4.70. The van der Waals surface area contributed by atoms with Gasteiger partial charge in [-0.1, -0.05) is 12.1 Å². The number of nitrogens with one attached hydrogen (secondary N) is 2. The lowest BCUT2D eigenvalue weighted by Crippen LogP contribution is -2.26. The number of benzene rings is 1. The molecule has 0 aliphatic carbocycles. The largest absolute Gasteiger partial charge is 0.357 e. The topological polar surface area (TPSA) is 126 Å². The van der Waals surface area contributed by atoms with E-state index in [9.17, 15) is 14.4 Å². The van der Waals surface area contributed by atoms with E-state index in [1.54, 1.807) is 29.1 Å². The van der Waals surface area contributed by atoms with Gasteiger partial charge in [-0.05, 0) is 38.3 Å². The first kappa shape index (κ1) is 21.2. The molecule has 1 aromatic heterocycles. The molecule has 1 saturated heterocycles. The lowest BCUT2D eigenvalue weighted by atomic mass is 10.1. The van der Waals surface area contributed by atoms with Crippen molar-refractivity contribution in [2.45, 2.75) is 38.8 Å². The van der Waals surface area contributed by atoms with Crippen LogP contribution in [-0.2, 0) is 4.74 Å². The molecule has 2 N–H and O–H groups in total. The summed E-state index contributed by atoms with van der Waals surface area (Å²) in [5.74, 6) is -1.11. The number of aromatic nitrogens is 2. The van der Waals surface area contributed by atoms with Gasteiger partial charge in [0.15, 0.2) is 11.5 Å². The smallest absolute Gasteiger partial charge is 0.273 e. The number of ether oxygens (including phenoxy) is 1. The molecule has 30 heavy (non-hydrogen) atoms. The highest BCUT2D eigenvalue weighted by Gasteiger charge is 2.24. The van der Waals surface area contributed by atoms with Gasteiger partial charge in [0.25, 0.3) is 11.8 Å². The molecule has 2 heterocycles. The number of carbonyl (C=O) groups is 3. The van der Waals surface area contributed by atoms with E-state index in [1.807, 2.05) is 6.07 Å². The van der Waals surface area contributed by atoms with Crippen LogP contribution in [-0.4, -0.2) is 40.5 Å². The highest BCUT2D eigenvalue weighted by atomic mass is 16.5. The highest BCUT2D eigenvalue weighted by molar-refractivity contribution is 6.09. The van der Waals surface area contributed by atoms with Gasteiger partial charge in [0, 0.05) is 24.3 Å². The molecule has 9 heteroatoms. The average molecular weight is 409 g/mol. The molecule has 2 aromatic rings. The number of amides is 2. The van der Waals surface area contributed by atoms with Crippen LogP contribution >= 0.6 is 0 Å². The van der Waals surface area contributed by atoms with Crippen LogP contribution in [0.2, 0.25) is 0 Å². The molecule has 1 aromatic carbocycles. The summed E-state index contributed by atoms with van der Waals surface area (Å²) in [6, 6.07) is 8.30. The molecule has 1 aliphatic heterocycles. The van der Waals surface area contributed by atoms with Crippen molar-refractivity contribution in [3.05, 3.63) is 47.3 Å². The monoisotopic (exact) mass is 409 g/mol. The van der Waals surface area contributed by atoms with Gasteiger partial charge < -0.3 is 15.4 Å². The third kappa shape index (κ3) is 5.10. The Bertz CT molecular complexity index is 986. The molecule has 0 bridgehead atoms. The normalized spacial score (nSPS) is 15.8. The van der Waals surface area contributed by atoms with Crippen molar-refractivity contribution < 1.29 is 19.1 Å². The molecule has 156 valence electrons. The Hall–Kier alpha value is -3.51. The summed E-state index contributed by atoms with van der Waals surface area (Å²) in [4.78, 5) is 36.9. The van der Waals surface area contributed by atoms with Crippen molar-refractivity contribution in [1.82, 2.24) is 15.1 Å². The second kappa shape index (κ2) is 9.80. The van der Waals surface area contributed by atoms with E-state index in [4.69, 9.17) is 10.00 Å². The molecule has 0 spiro atoms. The quantitative estimate of drug-likeness (QED) is 0.535. The van der Waals surface area contributed by atoms with Gasteiger partial charge in [0.2, 0.25) is 0 Å². The summed E-state index contributed by atoms with van der Waals surface area (Å²) >= 11 is 0. The van der Waals surface area contributed by atoms with E-state index >= 15 is 0 Å². The maximum atomic E-state index is 12.7. The molecule has 0 saturated carbocycles. The SMILES string of the molecule is CC(=O)c1cccc(C(=O)Nc2cn(C3CCCCO3)nc2C(=O)NCCC#N)c1. The van der Waals surface area contributed by atoms with Crippen LogP contribution in [0.5, 0.6) is 0 Å². The van der Waals surface area contributed by atoms with E-state index in [0.29, 0.717) is 17.7 Å². The van der Waals surface area contributed by atoms with E-state index in [0.717, 1.165) is 19.3 Å². The fourth-order valence-electron chi connectivity index (χ4n) is 3.12. The van der Waals surface area contributed by atoms with E-state index < -0.39 is 11.8 Å². The second-order valence-corrected chi connectivity index (χ2v) is 6.95. The van der Waals surface area contributed by atoms with Gasteiger partial charge >= 0.3 is 0 Å². The summed E-state index contributed by atoms with van der Waals surface area (Å²) < 4.78 is 7.26. The minimum atomic E-state index is -0.493. The number of nitriles is 1.